The minimum Gasteiger partial charge on any atom is -0.325 e. The number of thioether (sulfide) groups is 1. The first-order valence-electron chi connectivity index (χ1n) is 7.69. The second-order valence-corrected chi connectivity index (χ2v) is 6.83. The van der Waals surface area contributed by atoms with Crippen LogP contribution < -0.4 is 5.32 Å². The van der Waals surface area contributed by atoms with E-state index in [2.05, 4.69) is 15.5 Å². The van der Waals surface area contributed by atoms with Crippen molar-refractivity contribution in [2.24, 2.45) is 7.05 Å². The normalized spacial score (nSPS) is 10.7. The highest BCUT2D eigenvalue weighted by Crippen LogP contribution is 2.25. The van der Waals surface area contributed by atoms with Crippen LogP contribution >= 0.6 is 23.4 Å². The highest BCUT2D eigenvalue weighted by molar-refractivity contribution is 7.99. The first-order valence-corrected chi connectivity index (χ1v) is 9.05. The molecule has 3 aromatic rings. The molecule has 25 heavy (non-hydrogen) atoms. The Bertz CT molecular complexity index is 895. The summed E-state index contributed by atoms with van der Waals surface area (Å²) in [6, 6.07) is 15.3. The molecule has 0 aliphatic heterocycles. The van der Waals surface area contributed by atoms with Crippen LogP contribution in [0.2, 0.25) is 5.02 Å². The van der Waals surface area contributed by atoms with Gasteiger partial charge in [-0.15, -0.1) is 10.2 Å². The number of hydrogen-bond acceptors (Lipinski definition) is 4. The van der Waals surface area contributed by atoms with Crippen LogP contribution in [0.4, 0.5) is 5.69 Å². The molecule has 3 rings (SSSR count). The van der Waals surface area contributed by atoms with Crippen LogP contribution in [0, 0.1) is 6.92 Å². The first kappa shape index (κ1) is 17.5. The molecule has 0 fully saturated rings. The van der Waals surface area contributed by atoms with Crippen molar-refractivity contribution < 1.29 is 4.79 Å². The van der Waals surface area contributed by atoms with Crippen LogP contribution in [0.5, 0.6) is 0 Å². The summed E-state index contributed by atoms with van der Waals surface area (Å²) in [5, 5.41) is 12.6. The molecule has 0 saturated carbocycles. The van der Waals surface area contributed by atoms with Gasteiger partial charge in [-0.25, -0.2) is 0 Å². The van der Waals surface area contributed by atoms with E-state index in [1.165, 1.54) is 11.8 Å². The van der Waals surface area contributed by atoms with Gasteiger partial charge in [-0.1, -0.05) is 59.8 Å². The minimum absolute atomic E-state index is 0.111. The number of carbonyl (C=O) groups is 1. The molecular weight excluding hydrogens is 356 g/mol. The Labute approximate surface area is 155 Å². The maximum atomic E-state index is 12.2. The molecule has 1 heterocycles. The fraction of sp³-hybridized carbons (Fsp3) is 0.167. The Hall–Kier alpha value is -2.31. The lowest BCUT2D eigenvalue weighted by Gasteiger charge is -2.09. The van der Waals surface area contributed by atoms with Crippen LogP contribution in [0.25, 0.3) is 11.4 Å². The lowest BCUT2D eigenvalue weighted by atomic mass is 10.2. The number of nitrogens with zero attached hydrogens (tertiary/aromatic N) is 3. The van der Waals surface area contributed by atoms with Gasteiger partial charge in [-0.05, 0) is 24.6 Å². The van der Waals surface area contributed by atoms with Crippen molar-refractivity contribution in [1.29, 1.82) is 0 Å². The van der Waals surface area contributed by atoms with Crippen LogP contribution in [-0.2, 0) is 11.8 Å². The van der Waals surface area contributed by atoms with Crippen molar-refractivity contribution in [2.45, 2.75) is 12.1 Å². The third kappa shape index (κ3) is 4.03. The van der Waals surface area contributed by atoms with Gasteiger partial charge in [-0.3, -0.25) is 4.79 Å². The quantitative estimate of drug-likeness (QED) is 0.683. The molecule has 0 atom stereocenters. The number of nitrogens with one attached hydrogen (secondary N) is 1. The Kier molecular flexibility index (Phi) is 5.40. The maximum absolute atomic E-state index is 12.2. The fourth-order valence-corrected chi connectivity index (χ4v) is 3.22. The molecule has 1 amide bonds. The van der Waals surface area contributed by atoms with Gasteiger partial charge in [0.1, 0.15) is 0 Å². The number of hydrogen-bond donors (Lipinski definition) is 1. The van der Waals surface area contributed by atoms with E-state index in [1.54, 1.807) is 6.07 Å². The van der Waals surface area contributed by atoms with E-state index >= 15 is 0 Å². The van der Waals surface area contributed by atoms with Gasteiger partial charge >= 0.3 is 0 Å². The molecule has 0 unspecified atom stereocenters. The zero-order valence-corrected chi connectivity index (χ0v) is 15.4. The van der Waals surface area contributed by atoms with Gasteiger partial charge < -0.3 is 9.88 Å². The predicted molar refractivity (Wildman–Crippen MR) is 102 cm³/mol. The molecule has 5 nitrogen and oxygen atoms in total. The summed E-state index contributed by atoms with van der Waals surface area (Å²) in [5.41, 5.74) is 2.57. The monoisotopic (exact) mass is 372 g/mol. The molecule has 1 aromatic heterocycles. The standard InChI is InChI=1S/C18H17ClN4OS/c1-12-14(19)9-6-10-15(12)20-16(24)11-25-18-22-21-17(23(18)2)13-7-4-3-5-8-13/h3-10H,11H2,1-2H3,(H,20,24). The van der Waals surface area contributed by atoms with Gasteiger partial charge in [0.25, 0.3) is 0 Å². The first-order chi connectivity index (χ1) is 12.1. The van der Waals surface area contributed by atoms with Gasteiger partial charge in [0.05, 0.1) is 5.75 Å². The van der Waals surface area contributed by atoms with Crippen LogP contribution in [-0.4, -0.2) is 26.4 Å². The highest BCUT2D eigenvalue weighted by atomic mass is 35.5. The SMILES string of the molecule is Cc1c(Cl)cccc1NC(=O)CSc1nnc(-c2ccccc2)n1C. The number of benzene rings is 2. The van der Waals surface area contributed by atoms with E-state index in [-0.39, 0.29) is 11.7 Å². The van der Waals surface area contributed by atoms with Crippen molar-refractivity contribution in [2.75, 3.05) is 11.1 Å². The molecule has 0 spiro atoms. The second-order valence-electron chi connectivity index (χ2n) is 5.48. The predicted octanol–water partition coefficient (Wildman–Crippen LogP) is 4.17. The Balaban J connectivity index is 1.65. The molecular formula is C18H17ClN4OS. The van der Waals surface area contributed by atoms with E-state index in [4.69, 9.17) is 11.6 Å². The lowest BCUT2D eigenvalue weighted by Crippen LogP contribution is -2.15. The number of aromatic nitrogens is 3. The number of amides is 1. The fourth-order valence-electron chi connectivity index (χ4n) is 2.34. The van der Waals surface area contributed by atoms with E-state index < -0.39 is 0 Å². The largest absolute Gasteiger partial charge is 0.325 e. The van der Waals surface area contributed by atoms with E-state index in [0.717, 1.165) is 22.6 Å². The molecule has 0 radical (unpaired) electrons. The zero-order valence-electron chi connectivity index (χ0n) is 13.9. The summed E-state index contributed by atoms with van der Waals surface area (Å²) in [4.78, 5) is 12.2. The molecule has 0 saturated heterocycles. The van der Waals surface area contributed by atoms with Gasteiger partial charge in [0, 0.05) is 23.3 Å². The lowest BCUT2D eigenvalue weighted by molar-refractivity contribution is -0.113. The number of rotatable bonds is 5. The van der Waals surface area contributed by atoms with Crippen LogP contribution in [0.1, 0.15) is 5.56 Å². The minimum atomic E-state index is -0.111. The highest BCUT2D eigenvalue weighted by Gasteiger charge is 2.13. The van der Waals surface area contributed by atoms with Crippen molar-refractivity contribution in [1.82, 2.24) is 14.8 Å². The average molecular weight is 373 g/mol. The smallest absolute Gasteiger partial charge is 0.234 e. The molecule has 0 aliphatic rings. The van der Waals surface area contributed by atoms with Gasteiger partial charge in [-0.2, -0.15) is 0 Å². The molecule has 2 aromatic carbocycles. The average Bonchev–Trinajstić information content (AvgIpc) is 2.99. The Morgan fingerprint density at radius 3 is 2.68 bits per heavy atom. The van der Waals surface area contributed by atoms with Crippen molar-refractivity contribution in [3.8, 4) is 11.4 Å². The second kappa shape index (κ2) is 7.72. The van der Waals surface area contributed by atoms with E-state index in [0.29, 0.717) is 10.2 Å². The van der Waals surface area contributed by atoms with E-state index in [1.807, 2.05) is 61.0 Å². The number of halogens is 1. The summed E-state index contributed by atoms with van der Waals surface area (Å²) < 4.78 is 1.89. The summed E-state index contributed by atoms with van der Waals surface area (Å²) in [6.07, 6.45) is 0. The van der Waals surface area contributed by atoms with Crippen molar-refractivity contribution in [3.05, 3.63) is 59.1 Å². The maximum Gasteiger partial charge on any atom is 0.234 e. The van der Waals surface area contributed by atoms with Crippen LogP contribution in [0.15, 0.2) is 53.7 Å². The third-order valence-corrected chi connectivity index (χ3v) is 5.17. The molecule has 0 aliphatic carbocycles. The van der Waals surface area contributed by atoms with Gasteiger partial charge in [0.2, 0.25) is 5.91 Å². The topological polar surface area (TPSA) is 59.8 Å². The van der Waals surface area contributed by atoms with Crippen molar-refractivity contribution in [3.63, 3.8) is 0 Å². The van der Waals surface area contributed by atoms with Gasteiger partial charge in [0.15, 0.2) is 11.0 Å². The Morgan fingerprint density at radius 1 is 1.16 bits per heavy atom. The number of anilines is 1. The van der Waals surface area contributed by atoms with Crippen LogP contribution in [0.3, 0.4) is 0 Å². The molecule has 7 heteroatoms. The molecule has 128 valence electrons. The molecule has 0 bridgehead atoms. The summed E-state index contributed by atoms with van der Waals surface area (Å²) in [5.74, 6) is 0.904. The Morgan fingerprint density at radius 2 is 1.92 bits per heavy atom. The van der Waals surface area contributed by atoms with Crippen molar-refractivity contribution >= 4 is 35.0 Å². The van der Waals surface area contributed by atoms with E-state index in [9.17, 15) is 4.79 Å². The zero-order chi connectivity index (χ0) is 17.8. The third-order valence-electron chi connectivity index (χ3n) is 3.74. The summed E-state index contributed by atoms with van der Waals surface area (Å²) in [6.45, 7) is 1.87. The number of carbonyl (C=O) groups excluding carboxylic acids is 1. The summed E-state index contributed by atoms with van der Waals surface area (Å²) in [7, 11) is 1.89. The molecule has 1 N–H and O–H groups in total. The summed E-state index contributed by atoms with van der Waals surface area (Å²) >= 11 is 7.42.